The maximum absolute atomic E-state index is 5.65. The highest BCUT2D eigenvalue weighted by Gasteiger charge is 2.11. The molecular weight excluding hydrogens is 242 g/mol. The Morgan fingerprint density at radius 3 is 2.95 bits per heavy atom. The van der Waals surface area contributed by atoms with Crippen LogP contribution in [0.2, 0.25) is 0 Å². The molecule has 0 aliphatic heterocycles. The van der Waals surface area contributed by atoms with Crippen LogP contribution in [0.3, 0.4) is 0 Å². The minimum absolute atomic E-state index is 0.307. The van der Waals surface area contributed by atoms with Crippen molar-refractivity contribution in [1.29, 1.82) is 0 Å². The molecule has 96 valence electrons. The van der Waals surface area contributed by atoms with Crippen molar-refractivity contribution >= 4 is 11.2 Å². The first-order valence-corrected chi connectivity index (χ1v) is 6.09. The molecule has 0 N–H and O–H groups in total. The molecule has 0 aliphatic rings. The molecule has 3 rings (SSSR count). The maximum Gasteiger partial charge on any atom is 0.319 e. The fraction of sp³-hybridized carbons (Fsp3) is 0.214. The van der Waals surface area contributed by atoms with Gasteiger partial charge in [0.15, 0.2) is 0 Å². The van der Waals surface area contributed by atoms with Crippen LogP contribution in [0.4, 0.5) is 0 Å². The van der Waals surface area contributed by atoms with Crippen molar-refractivity contribution in [3.63, 3.8) is 0 Å². The van der Waals surface area contributed by atoms with E-state index in [0.29, 0.717) is 29.7 Å². The molecule has 2 aromatic heterocycles. The van der Waals surface area contributed by atoms with Gasteiger partial charge in [-0.15, -0.1) is 0 Å². The minimum atomic E-state index is 0.307. The molecule has 0 spiro atoms. The first kappa shape index (κ1) is 11.6. The number of aromatic nitrogens is 3. The number of nitrogens with zero attached hydrogens (tertiary/aromatic N) is 3. The van der Waals surface area contributed by atoms with Crippen molar-refractivity contribution in [2.24, 2.45) is 0 Å². The zero-order valence-corrected chi connectivity index (χ0v) is 10.8. The van der Waals surface area contributed by atoms with Crippen molar-refractivity contribution in [3.05, 3.63) is 36.0 Å². The summed E-state index contributed by atoms with van der Waals surface area (Å²) >= 11 is 0. The van der Waals surface area contributed by atoms with Gasteiger partial charge < -0.3 is 9.15 Å². The van der Waals surface area contributed by atoms with Crippen LogP contribution < -0.4 is 4.74 Å². The third-order valence-corrected chi connectivity index (χ3v) is 2.67. The summed E-state index contributed by atoms with van der Waals surface area (Å²) in [5.74, 6) is 0.543. The second-order valence-electron chi connectivity index (χ2n) is 4.16. The van der Waals surface area contributed by atoms with Crippen LogP contribution in [0.5, 0.6) is 6.01 Å². The number of hydrogen-bond donors (Lipinski definition) is 0. The SMILES string of the molecule is CCOc1ncc2nc(-c3cccc(C)c3)oc2n1. The number of rotatable bonds is 3. The summed E-state index contributed by atoms with van der Waals surface area (Å²) in [5, 5.41) is 0. The summed E-state index contributed by atoms with van der Waals surface area (Å²) < 4.78 is 10.9. The van der Waals surface area contributed by atoms with Crippen molar-refractivity contribution in [3.8, 4) is 17.5 Å². The zero-order chi connectivity index (χ0) is 13.2. The minimum Gasteiger partial charge on any atom is -0.464 e. The maximum atomic E-state index is 5.65. The van der Waals surface area contributed by atoms with Gasteiger partial charge in [0.1, 0.15) is 5.52 Å². The number of ether oxygens (including phenoxy) is 1. The second kappa shape index (κ2) is 4.68. The normalized spacial score (nSPS) is 10.8. The molecule has 2 heterocycles. The van der Waals surface area contributed by atoms with E-state index in [9.17, 15) is 0 Å². The Hall–Kier alpha value is -2.43. The number of hydrogen-bond acceptors (Lipinski definition) is 5. The highest BCUT2D eigenvalue weighted by Crippen LogP contribution is 2.24. The smallest absolute Gasteiger partial charge is 0.319 e. The largest absolute Gasteiger partial charge is 0.464 e. The molecule has 0 saturated heterocycles. The lowest BCUT2D eigenvalue weighted by atomic mass is 10.1. The zero-order valence-electron chi connectivity index (χ0n) is 10.8. The van der Waals surface area contributed by atoms with Gasteiger partial charge in [-0.1, -0.05) is 17.7 Å². The van der Waals surface area contributed by atoms with E-state index in [1.165, 1.54) is 0 Å². The van der Waals surface area contributed by atoms with E-state index in [1.54, 1.807) is 6.20 Å². The molecule has 0 unspecified atom stereocenters. The summed E-state index contributed by atoms with van der Waals surface area (Å²) in [7, 11) is 0. The van der Waals surface area contributed by atoms with Gasteiger partial charge in [-0.2, -0.15) is 4.98 Å². The lowest BCUT2D eigenvalue weighted by molar-refractivity contribution is 0.312. The Morgan fingerprint density at radius 2 is 2.16 bits per heavy atom. The first-order chi connectivity index (χ1) is 9.26. The van der Waals surface area contributed by atoms with Crippen LogP contribution in [0, 0.1) is 6.92 Å². The summed E-state index contributed by atoms with van der Waals surface area (Å²) in [6.07, 6.45) is 1.61. The molecule has 0 amide bonds. The molecule has 0 radical (unpaired) electrons. The first-order valence-electron chi connectivity index (χ1n) is 6.09. The van der Waals surface area contributed by atoms with Crippen LogP contribution >= 0.6 is 0 Å². The Balaban J connectivity index is 2.06. The lowest BCUT2D eigenvalue weighted by Crippen LogP contribution is -1.96. The number of oxazole rings is 1. The molecular formula is C14H13N3O2. The Bertz CT molecular complexity index is 722. The van der Waals surface area contributed by atoms with Gasteiger partial charge >= 0.3 is 6.01 Å². The van der Waals surface area contributed by atoms with Crippen molar-refractivity contribution in [2.45, 2.75) is 13.8 Å². The monoisotopic (exact) mass is 255 g/mol. The fourth-order valence-corrected chi connectivity index (χ4v) is 1.82. The standard InChI is InChI=1S/C14H13N3O2/c1-3-18-14-15-8-11-13(17-14)19-12(16-11)10-6-4-5-9(2)7-10/h4-8H,3H2,1-2H3. The average Bonchev–Trinajstić information content (AvgIpc) is 2.82. The third kappa shape index (κ3) is 2.27. The molecule has 5 heteroatoms. The van der Waals surface area contributed by atoms with E-state index in [2.05, 4.69) is 15.0 Å². The van der Waals surface area contributed by atoms with E-state index >= 15 is 0 Å². The van der Waals surface area contributed by atoms with Crippen molar-refractivity contribution < 1.29 is 9.15 Å². The Labute approximate surface area is 110 Å². The number of fused-ring (bicyclic) bond motifs is 1. The number of aryl methyl sites for hydroxylation is 1. The molecule has 0 aliphatic carbocycles. The molecule has 0 atom stereocenters. The van der Waals surface area contributed by atoms with Crippen molar-refractivity contribution in [2.75, 3.05) is 6.61 Å². The summed E-state index contributed by atoms with van der Waals surface area (Å²) in [6.45, 7) is 4.43. The quantitative estimate of drug-likeness (QED) is 0.720. The van der Waals surface area contributed by atoms with Crippen LogP contribution in [0.25, 0.3) is 22.7 Å². The predicted molar refractivity (Wildman–Crippen MR) is 70.9 cm³/mol. The highest BCUT2D eigenvalue weighted by atomic mass is 16.5. The van der Waals surface area contributed by atoms with E-state index in [4.69, 9.17) is 9.15 Å². The Kier molecular flexibility index (Phi) is 2.87. The van der Waals surface area contributed by atoms with Crippen LogP contribution in [0.15, 0.2) is 34.9 Å². The molecule has 1 aromatic carbocycles. The van der Waals surface area contributed by atoms with Crippen LogP contribution in [-0.4, -0.2) is 21.6 Å². The molecule has 0 fully saturated rings. The van der Waals surface area contributed by atoms with E-state index in [1.807, 2.05) is 38.1 Å². The molecule has 3 aromatic rings. The van der Waals surface area contributed by atoms with Crippen LogP contribution in [0.1, 0.15) is 12.5 Å². The lowest BCUT2D eigenvalue weighted by Gasteiger charge is -1.97. The highest BCUT2D eigenvalue weighted by molar-refractivity contribution is 5.72. The molecule has 0 bridgehead atoms. The van der Waals surface area contributed by atoms with Gasteiger partial charge in [0.05, 0.1) is 12.8 Å². The Morgan fingerprint density at radius 1 is 1.26 bits per heavy atom. The second-order valence-corrected chi connectivity index (χ2v) is 4.16. The average molecular weight is 255 g/mol. The third-order valence-electron chi connectivity index (χ3n) is 2.67. The van der Waals surface area contributed by atoms with Crippen LogP contribution in [-0.2, 0) is 0 Å². The molecule has 5 nitrogen and oxygen atoms in total. The van der Waals surface area contributed by atoms with Gasteiger partial charge in [0.25, 0.3) is 5.71 Å². The van der Waals surface area contributed by atoms with Gasteiger partial charge in [-0.3, -0.25) is 0 Å². The van der Waals surface area contributed by atoms with Crippen molar-refractivity contribution in [1.82, 2.24) is 15.0 Å². The number of benzene rings is 1. The van der Waals surface area contributed by atoms with Gasteiger partial charge in [-0.05, 0) is 26.0 Å². The fourth-order valence-electron chi connectivity index (χ4n) is 1.82. The van der Waals surface area contributed by atoms with Gasteiger partial charge in [0, 0.05) is 5.56 Å². The van der Waals surface area contributed by atoms with Gasteiger partial charge in [-0.25, -0.2) is 9.97 Å². The summed E-state index contributed by atoms with van der Waals surface area (Å²) in [6, 6.07) is 8.27. The van der Waals surface area contributed by atoms with Gasteiger partial charge in [0.2, 0.25) is 5.89 Å². The molecule has 19 heavy (non-hydrogen) atoms. The van der Waals surface area contributed by atoms with E-state index < -0.39 is 0 Å². The predicted octanol–water partition coefficient (Wildman–Crippen LogP) is 2.99. The summed E-state index contributed by atoms with van der Waals surface area (Å²) in [5.41, 5.74) is 3.15. The topological polar surface area (TPSA) is 61.0 Å². The molecule has 0 saturated carbocycles. The van der Waals surface area contributed by atoms with E-state index in [0.717, 1.165) is 11.1 Å². The summed E-state index contributed by atoms with van der Waals surface area (Å²) in [4.78, 5) is 12.6. The van der Waals surface area contributed by atoms with E-state index in [-0.39, 0.29) is 0 Å².